The van der Waals surface area contributed by atoms with Gasteiger partial charge in [0.05, 0.1) is 6.04 Å². The molecule has 1 atom stereocenters. The molecule has 2 aromatic carbocycles. The van der Waals surface area contributed by atoms with E-state index in [1.807, 2.05) is 24.3 Å². The van der Waals surface area contributed by atoms with E-state index in [1.54, 1.807) is 30.6 Å². The molecule has 3 aromatic rings. The van der Waals surface area contributed by atoms with E-state index < -0.39 is 0 Å². The maximum atomic E-state index is 14.7. The zero-order valence-electron chi connectivity index (χ0n) is 16.9. The second-order valence-electron chi connectivity index (χ2n) is 7.84. The zero-order valence-corrected chi connectivity index (χ0v) is 19.1. The number of nitrogens with zero attached hydrogens (tertiary/aromatic N) is 2. The Morgan fingerprint density at radius 3 is 2.45 bits per heavy atom. The Hall–Kier alpha value is -1.69. The van der Waals surface area contributed by atoms with Gasteiger partial charge in [0.2, 0.25) is 0 Å². The van der Waals surface area contributed by atoms with Crippen LogP contribution >= 0.6 is 34.8 Å². The fraction of sp³-hybridized carbons (Fsp3) is 0.292. The van der Waals surface area contributed by atoms with Gasteiger partial charge in [-0.25, -0.2) is 4.39 Å². The lowest BCUT2D eigenvalue weighted by Gasteiger charge is -2.35. The number of rotatable bonds is 6. The maximum absolute atomic E-state index is 14.7. The molecule has 1 aliphatic rings. The van der Waals surface area contributed by atoms with Crippen molar-refractivity contribution in [1.82, 2.24) is 15.2 Å². The number of nitrogens with one attached hydrogen (secondary N) is 1. The molecule has 1 unspecified atom stereocenters. The van der Waals surface area contributed by atoms with Gasteiger partial charge in [0.1, 0.15) is 5.82 Å². The Bertz CT molecular complexity index is 1020. The van der Waals surface area contributed by atoms with Crippen molar-refractivity contribution >= 4 is 34.8 Å². The quantitative estimate of drug-likeness (QED) is 0.437. The third-order valence-corrected chi connectivity index (χ3v) is 6.51. The first-order valence-corrected chi connectivity index (χ1v) is 11.4. The van der Waals surface area contributed by atoms with Crippen LogP contribution in [-0.4, -0.2) is 29.0 Å². The Labute approximate surface area is 197 Å². The van der Waals surface area contributed by atoms with Crippen LogP contribution in [0.15, 0.2) is 60.9 Å². The van der Waals surface area contributed by atoms with E-state index in [-0.39, 0.29) is 17.9 Å². The van der Waals surface area contributed by atoms with Crippen LogP contribution in [0.3, 0.4) is 0 Å². The van der Waals surface area contributed by atoms with Crippen LogP contribution < -0.4 is 5.32 Å². The Kier molecular flexibility index (Phi) is 7.47. The number of hydrogen-bond acceptors (Lipinski definition) is 3. The predicted molar refractivity (Wildman–Crippen MR) is 125 cm³/mol. The molecule has 7 heteroatoms. The molecule has 1 N–H and O–H groups in total. The van der Waals surface area contributed by atoms with Crippen molar-refractivity contribution < 1.29 is 4.39 Å². The van der Waals surface area contributed by atoms with E-state index in [2.05, 4.69) is 15.2 Å². The normalized spacial score (nSPS) is 16.4. The van der Waals surface area contributed by atoms with E-state index in [0.29, 0.717) is 20.6 Å². The van der Waals surface area contributed by atoms with Crippen LogP contribution in [0, 0.1) is 5.82 Å². The van der Waals surface area contributed by atoms with Crippen LogP contribution in [-0.2, 0) is 6.54 Å². The summed E-state index contributed by atoms with van der Waals surface area (Å²) in [6.07, 6.45) is 5.41. The standard InChI is InChI=1S/C24H23Cl3FN3/c25-18-4-3-17(22(27)12-18)15-31-10-7-20(8-11-31)30-24(16-2-1-9-29-14-16)21-6-5-19(26)13-23(21)28/h1-6,9,12-14,20,24,30H,7-8,10-11,15H2. The highest BCUT2D eigenvalue weighted by molar-refractivity contribution is 6.35. The minimum Gasteiger partial charge on any atom is -0.303 e. The Morgan fingerprint density at radius 1 is 1.03 bits per heavy atom. The second-order valence-corrected chi connectivity index (χ2v) is 9.12. The average Bonchev–Trinajstić information content (AvgIpc) is 2.76. The number of benzene rings is 2. The van der Waals surface area contributed by atoms with E-state index >= 15 is 0 Å². The van der Waals surface area contributed by atoms with Gasteiger partial charge in [0, 0.05) is 45.6 Å². The van der Waals surface area contributed by atoms with E-state index in [9.17, 15) is 4.39 Å². The van der Waals surface area contributed by atoms with Crippen LogP contribution in [0.2, 0.25) is 15.1 Å². The van der Waals surface area contributed by atoms with Gasteiger partial charge < -0.3 is 5.32 Å². The molecule has 1 aromatic heterocycles. The SMILES string of the molecule is Fc1cc(Cl)ccc1C(NC1CCN(Cc2ccc(Cl)cc2Cl)CC1)c1cccnc1. The van der Waals surface area contributed by atoms with Crippen LogP contribution in [0.4, 0.5) is 4.39 Å². The summed E-state index contributed by atoms with van der Waals surface area (Å²) >= 11 is 18.3. The van der Waals surface area contributed by atoms with Gasteiger partial charge in [-0.15, -0.1) is 0 Å². The average molecular weight is 479 g/mol. The molecular formula is C24H23Cl3FN3. The number of piperidine rings is 1. The predicted octanol–water partition coefficient (Wildman–Crippen LogP) is 6.52. The highest BCUT2D eigenvalue weighted by atomic mass is 35.5. The minimum absolute atomic E-state index is 0.261. The molecule has 0 spiro atoms. The van der Waals surface area contributed by atoms with Gasteiger partial charge in [-0.3, -0.25) is 9.88 Å². The van der Waals surface area contributed by atoms with Gasteiger partial charge in [-0.1, -0.05) is 53.0 Å². The molecule has 1 aliphatic heterocycles. The number of aromatic nitrogens is 1. The summed E-state index contributed by atoms with van der Waals surface area (Å²) in [6.45, 7) is 2.65. The number of likely N-dealkylation sites (tertiary alicyclic amines) is 1. The van der Waals surface area contributed by atoms with Gasteiger partial charge in [0.15, 0.2) is 0 Å². The molecule has 0 amide bonds. The van der Waals surface area contributed by atoms with Gasteiger partial charge in [0.25, 0.3) is 0 Å². The number of halogens is 4. The van der Waals surface area contributed by atoms with E-state index in [1.165, 1.54) is 6.07 Å². The largest absolute Gasteiger partial charge is 0.303 e. The summed E-state index contributed by atoms with van der Waals surface area (Å²) in [5, 5.41) is 5.39. The molecule has 1 saturated heterocycles. The molecule has 1 fully saturated rings. The summed E-state index contributed by atoms with van der Waals surface area (Å²) in [5.74, 6) is -0.316. The highest BCUT2D eigenvalue weighted by Crippen LogP contribution is 2.29. The highest BCUT2D eigenvalue weighted by Gasteiger charge is 2.25. The smallest absolute Gasteiger partial charge is 0.129 e. The third kappa shape index (κ3) is 5.76. The van der Waals surface area contributed by atoms with E-state index in [0.717, 1.165) is 43.6 Å². The molecular weight excluding hydrogens is 456 g/mol. The van der Waals surface area contributed by atoms with Crippen molar-refractivity contribution in [3.8, 4) is 0 Å². The molecule has 0 aliphatic carbocycles. The first-order chi connectivity index (χ1) is 15.0. The summed E-state index contributed by atoms with van der Waals surface area (Å²) in [4.78, 5) is 6.61. The van der Waals surface area contributed by atoms with Crippen molar-refractivity contribution in [2.45, 2.75) is 31.5 Å². The minimum atomic E-state index is -0.316. The van der Waals surface area contributed by atoms with Crippen LogP contribution in [0.1, 0.15) is 35.6 Å². The van der Waals surface area contributed by atoms with Crippen LogP contribution in [0.5, 0.6) is 0 Å². The first-order valence-electron chi connectivity index (χ1n) is 10.3. The van der Waals surface area contributed by atoms with Crippen molar-refractivity contribution in [3.05, 3.63) is 98.5 Å². The molecule has 0 bridgehead atoms. The molecule has 31 heavy (non-hydrogen) atoms. The second kappa shape index (κ2) is 10.3. The van der Waals surface area contributed by atoms with Crippen molar-refractivity contribution in [2.75, 3.05) is 13.1 Å². The van der Waals surface area contributed by atoms with Gasteiger partial charge in [-0.2, -0.15) is 0 Å². The van der Waals surface area contributed by atoms with Crippen molar-refractivity contribution in [2.24, 2.45) is 0 Å². The maximum Gasteiger partial charge on any atom is 0.129 e. The lowest BCUT2D eigenvalue weighted by molar-refractivity contribution is 0.186. The van der Waals surface area contributed by atoms with Crippen molar-refractivity contribution in [1.29, 1.82) is 0 Å². The molecule has 3 nitrogen and oxygen atoms in total. The topological polar surface area (TPSA) is 28.2 Å². The third-order valence-electron chi connectivity index (χ3n) is 5.69. The van der Waals surface area contributed by atoms with Crippen molar-refractivity contribution in [3.63, 3.8) is 0 Å². The van der Waals surface area contributed by atoms with Crippen LogP contribution in [0.25, 0.3) is 0 Å². The Balaban J connectivity index is 1.44. The zero-order chi connectivity index (χ0) is 21.8. The monoisotopic (exact) mass is 477 g/mol. The number of pyridine rings is 1. The van der Waals surface area contributed by atoms with E-state index in [4.69, 9.17) is 34.8 Å². The number of hydrogen-bond donors (Lipinski definition) is 1. The summed E-state index contributed by atoms with van der Waals surface area (Å²) in [6, 6.07) is 14.3. The summed E-state index contributed by atoms with van der Waals surface area (Å²) in [7, 11) is 0. The molecule has 4 rings (SSSR count). The molecule has 0 saturated carbocycles. The lowest BCUT2D eigenvalue weighted by Crippen LogP contribution is -2.43. The summed E-state index contributed by atoms with van der Waals surface area (Å²) < 4.78 is 14.7. The summed E-state index contributed by atoms with van der Waals surface area (Å²) in [5.41, 5.74) is 2.58. The lowest BCUT2D eigenvalue weighted by atomic mass is 9.96. The molecule has 2 heterocycles. The molecule has 162 valence electrons. The fourth-order valence-electron chi connectivity index (χ4n) is 4.03. The van der Waals surface area contributed by atoms with Gasteiger partial charge in [-0.05, 0) is 67.4 Å². The molecule has 0 radical (unpaired) electrons. The van der Waals surface area contributed by atoms with Gasteiger partial charge >= 0.3 is 0 Å². The first kappa shape index (κ1) is 22.5. The Morgan fingerprint density at radius 2 is 1.77 bits per heavy atom. The fourth-order valence-corrected chi connectivity index (χ4v) is 4.66.